The van der Waals surface area contributed by atoms with Gasteiger partial charge in [-0.25, -0.2) is 0 Å². The number of aliphatic imine (C=N–C) groups is 1. The van der Waals surface area contributed by atoms with Gasteiger partial charge in [0.15, 0.2) is 5.96 Å². The number of halogens is 1. The number of guanidine groups is 1. The van der Waals surface area contributed by atoms with Crippen LogP contribution in [-0.4, -0.2) is 44.4 Å². The van der Waals surface area contributed by atoms with Crippen molar-refractivity contribution in [2.75, 3.05) is 33.4 Å². The first-order valence-electron chi connectivity index (χ1n) is 9.00. The topological polar surface area (TPSA) is 65.9 Å². The van der Waals surface area contributed by atoms with Crippen molar-refractivity contribution in [3.05, 3.63) is 29.8 Å². The van der Waals surface area contributed by atoms with E-state index >= 15 is 0 Å². The minimum Gasteiger partial charge on any atom is -0.496 e. The fourth-order valence-electron chi connectivity index (χ4n) is 2.70. The molecule has 0 amide bonds. The van der Waals surface area contributed by atoms with E-state index in [2.05, 4.69) is 35.5 Å². The minimum atomic E-state index is 0. The third kappa shape index (κ3) is 9.89. The van der Waals surface area contributed by atoms with Crippen LogP contribution in [0.3, 0.4) is 0 Å². The summed E-state index contributed by atoms with van der Waals surface area (Å²) in [5.74, 6) is 2.21. The van der Waals surface area contributed by atoms with Crippen LogP contribution in [0.2, 0.25) is 0 Å². The maximum absolute atomic E-state index is 9.16. The van der Waals surface area contributed by atoms with Gasteiger partial charge >= 0.3 is 0 Å². The number of nitrogens with zero attached hydrogens (tertiary/aromatic N) is 1. The molecule has 0 heterocycles. The molecule has 0 fully saturated rings. The fraction of sp³-hybridized carbons (Fsp3) is 0.632. The average molecular weight is 463 g/mol. The van der Waals surface area contributed by atoms with E-state index in [-0.39, 0.29) is 30.6 Å². The van der Waals surface area contributed by atoms with E-state index in [4.69, 9.17) is 9.84 Å². The van der Waals surface area contributed by atoms with Crippen molar-refractivity contribution >= 4 is 29.9 Å². The second-order valence-corrected chi connectivity index (χ2v) is 5.88. The summed E-state index contributed by atoms with van der Waals surface area (Å²) in [7, 11) is 1.70. The van der Waals surface area contributed by atoms with Crippen LogP contribution in [0.4, 0.5) is 0 Å². The van der Waals surface area contributed by atoms with Crippen molar-refractivity contribution in [1.82, 2.24) is 10.6 Å². The van der Waals surface area contributed by atoms with Gasteiger partial charge in [-0.15, -0.1) is 24.0 Å². The molecule has 1 atom stereocenters. The minimum absolute atomic E-state index is 0. The first kappa shape index (κ1) is 24.0. The summed E-state index contributed by atoms with van der Waals surface area (Å²) in [5.41, 5.74) is 1.19. The Morgan fingerprint density at radius 3 is 2.60 bits per heavy atom. The number of hydrogen-bond donors (Lipinski definition) is 3. The third-order valence-electron chi connectivity index (χ3n) is 3.97. The summed E-state index contributed by atoms with van der Waals surface area (Å²) >= 11 is 0. The second-order valence-electron chi connectivity index (χ2n) is 5.88. The largest absolute Gasteiger partial charge is 0.496 e. The van der Waals surface area contributed by atoms with Crippen molar-refractivity contribution in [3.63, 3.8) is 0 Å². The Kier molecular flexibility index (Phi) is 14.6. The lowest BCUT2D eigenvalue weighted by Gasteiger charge is -2.15. The smallest absolute Gasteiger partial charge is 0.191 e. The quantitative estimate of drug-likeness (QED) is 0.268. The molecule has 1 aromatic rings. The Morgan fingerprint density at radius 1 is 1.20 bits per heavy atom. The summed E-state index contributed by atoms with van der Waals surface area (Å²) in [4.78, 5) is 4.68. The summed E-state index contributed by atoms with van der Waals surface area (Å²) in [5, 5.41) is 15.8. The van der Waals surface area contributed by atoms with Crippen LogP contribution in [-0.2, 0) is 6.42 Å². The van der Waals surface area contributed by atoms with Gasteiger partial charge in [0.1, 0.15) is 5.75 Å². The van der Waals surface area contributed by atoms with Gasteiger partial charge in [0.2, 0.25) is 0 Å². The van der Waals surface area contributed by atoms with Crippen LogP contribution >= 0.6 is 24.0 Å². The molecule has 0 saturated carbocycles. The highest BCUT2D eigenvalue weighted by atomic mass is 127. The maximum atomic E-state index is 9.16. The maximum Gasteiger partial charge on any atom is 0.191 e. The molecule has 1 rings (SSSR count). The molecular formula is C19H34IN3O2. The Labute approximate surface area is 169 Å². The summed E-state index contributed by atoms with van der Waals surface area (Å²) in [6.07, 6.45) is 3.92. The third-order valence-corrected chi connectivity index (χ3v) is 3.97. The molecule has 0 radical (unpaired) electrons. The van der Waals surface area contributed by atoms with Crippen LogP contribution < -0.4 is 15.4 Å². The Bertz CT molecular complexity index is 477. The number of para-hydroxylation sites is 1. The molecule has 1 aromatic carbocycles. The van der Waals surface area contributed by atoms with E-state index in [1.54, 1.807) is 7.11 Å². The first-order chi connectivity index (χ1) is 11.7. The standard InChI is InChI=1S/C19H33N3O2.HI/c1-4-8-16(12-14-23)15-22-19(20-5-2)21-13-11-17-9-6-7-10-18(17)24-3;/h6-7,9-10,16,23H,4-5,8,11-15H2,1-3H3,(H2,20,21,22);1H. The van der Waals surface area contributed by atoms with Crippen molar-refractivity contribution in [3.8, 4) is 5.75 Å². The zero-order valence-electron chi connectivity index (χ0n) is 15.8. The van der Waals surface area contributed by atoms with Crippen molar-refractivity contribution < 1.29 is 9.84 Å². The first-order valence-corrected chi connectivity index (χ1v) is 9.00. The molecule has 144 valence electrons. The van der Waals surface area contributed by atoms with Gasteiger partial charge in [-0.2, -0.15) is 0 Å². The number of hydrogen-bond acceptors (Lipinski definition) is 3. The van der Waals surface area contributed by atoms with Crippen molar-refractivity contribution in [1.29, 1.82) is 0 Å². The molecule has 0 aliphatic rings. The van der Waals surface area contributed by atoms with E-state index in [0.29, 0.717) is 5.92 Å². The number of ether oxygens (including phenoxy) is 1. The number of nitrogens with one attached hydrogen (secondary N) is 2. The van der Waals surface area contributed by atoms with E-state index in [1.807, 2.05) is 18.2 Å². The van der Waals surface area contributed by atoms with Crippen LogP contribution in [0.1, 0.15) is 38.7 Å². The highest BCUT2D eigenvalue weighted by Gasteiger charge is 2.07. The van der Waals surface area contributed by atoms with Gasteiger partial charge < -0.3 is 20.5 Å². The van der Waals surface area contributed by atoms with Gasteiger partial charge in [-0.05, 0) is 43.7 Å². The lowest BCUT2D eigenvalue weighted by atomic mass is 10.0. The SMILES string of the molecule is CCCC(CCO)CN=C(NCC)NCCc1ccccc1OC.I. The van der Waals surface area contributed by atoms with Crippen molar-refractivity contribution in [2.24, 2.45) is 10.9 Å². The molecule has 5 nitrogen and oxygen atoms in total. The molecule has 1 unspecified atom stereocenters. The molecular weight excluding hydrogens is 429 g/mol. The molecule has 0 aliphatic carbocycles. The Morgan fingerprint density at radius 2 is 1.96 bits per heavy atom. The molecule has 0 aliphatic heterocycles. The van der Waals surface area contributed by atoms with Crippen LogP contribution in [0, 0.1) is 5.92 Å². The monoisotopic (exact) mass is 463 g/mol. The van der Waals surface area contributed by atoms with Crippen LogP contribution in [0.25, 0.3) is 0 Å². The predicted octanol–water partition coefficient (Wildman–Crippen LogP) is 3.21. The number of aliphatic hydroxyl groups excluding tert-OH is 1. The zero-order valence-corrected chi connectivity index (χ0v) is 18.1. The highest BCUT2D eigenvalue weighted by Crippen LogP contribution is 2.17. The molecule has 25 heavy (non-hydrogen) atoms. The number of methoxy groups -OCH3 is 1. The Balaban J connectivity index is 0.00000576. The van der Waals surface area contributed by atoms with Gasteiger partial charge in [0.25, 0.3) is 0 Å². The van der Waals surface area contributed by atoms with Crippen molar-refractivity contribution in [2.45, 2.75) is 39.5 Å². The summed E-state index contributed by atoms with van der Waals surface area (Å²) in [6, 6.07) is 8.08. The van der Waals surface area contributed by atoms with E-state index in [9.17, 15) is 0 Å². The number of benzene rings is 1. The van der Waals surface area contributed by atoms with E-state index in [0.717, 1.165) is 57.0 Å². The highest BCUT2D eigenvalue weighted by molar-refractivity contribution is 14.0. The lowest BCUT2D eigenvalue weighted by Crippen LogP contribution is -2.38. The summed E-state index contributed by atoms with van der Waals surface area (Å²) < 4.78 is 5.39. The summed E-state index contributed by atoms with van der Waals surface area (Å²) in [6.45, 7) is 6.85. The molecule has 6 heteroatoms. The molecule has 0 spiro atoms. The normalized spacial score (nSPS) is 12.2. The Hall–Kier alpha value is -1.02. The number of rotatable bonds is 11. The average Bonchev–Trinajstić information content (AvgIpc) is 2.60. The number of aliphatic hydroxyl groups is 1. The molecule has 3 N–H and O–H groups in total. The molecule has 0 saturated heterocycles. The van der Waals surface area contributed by atoms with Crippen LogP contribution in [0.15, 0.2) is 29.3 Å². The second kappa shape index (κ2) is 15.3. The lowest BCUT2D eigenvalue weighted by molar-refractivity contribution is 0.253. The molecule has 0 aromatic heterocycles. The van der Waals surface area contributed by atoms with E-state index < -0.39 is 0 Å². The molecule has 0 bridgehead atoms. The van der Waals surface area contributed by atoms with Gasteiger partial charge in [-0.3, -0.25) is 4.99 Å². The van der Waals surface area contributed by atoms with Gasteiger partial charge in [0.05, 0.1) is 7.11 Å². The fourth-order valence-corrected chi connectivity index (χ4v) is 2.70. The zero-order chi connectivity index (χ0) is 17.6. The van der Waals surface area contributed by atoms with Crippen LogP contribution in [0.5, 0.6) is 5.75 Å². The van der Waals surface area contributed by atoms with Gasteiger partial charge in [-0.1, -0.05) is 31.5 Å². The van der Waals surface area contributed by atoms with Gasteiger partial charge in [0, 0.05) is 26.2 Å². The predicted molar refractivity (Wildman–Crippen MR) is 116 cm³/mol. The van der Waals surface area contributed by atoms with E-state index in [1.165, 1.54) is 5.56 Å².